The lowest BCUT2D eigenvalue weighted by Gasteiger charge is -2.32. The second-order valence-electron chi connectivity index (χ2n) is 14.1. The highest BCUT2D eigenvalue weighted by Crippen LogP contribution is 2.39. The molecule has 0 radical (unpaired) electrons. The number of aryl methyl sites for hydroxylation is 3. The number of amides is 3. The number of nitrogens with one attached hydrogen (secondary N) is 2. The third kappa shape index (κ3) is 10.9. The van der Waals surface area contributed by atoms with E-state index in [-0.39, 0.29) is 42.8 Å². The van der Waals surface area contributed by atoms with Gasteiger partial charge in [0, 0.05) is 28.7 Å². The molecule has 1 aliphatic carbocycles. The number of carbonyl (C=O) groups excluding carboxylic acids is 5. The summed E-state index contributed by atoms with van der Waals surface area (Å²) in [6.45, 7) is 4.45. The van der Waals surface area contributed by atoms with E-state index in [9.17, 15) is 24.0 Å². The highest BCUT2D eigenvalue weighted by atomic mass is 32.1. The van der Waals surface area contributed by atoms with Gasteiger partial charge >= 0.3 is 11.9 Å². The van der Waals surface area contributed by atoms with Gasteiger partial charge in [-0.15, -0.1) is 11.3 Å². The van der Waals surface area contributed by atoms with Crippen LogP contribution in [0.4, 0.5) is 10.7 Å². The number of hydrogen-bond donors (Lipinski definition) is 2. The quantitative estimate of drug-likeness (QED) is 0.107. The van der Waals surface area contributed by atoms with Crippen LogP contribution in [0, 0.1) is 0 Å². The molecule has 1 aliphatic rings. The zero-order chi connectivity index (χ0) is 40.2. The van der Waals surface area contributed by atoms with Crippen molar-refractivity contribution in [3.05, 3.63) is 117 Å². The molecule has 2 N–H and O–H groups in total. The summed E-state index contributed by atoms with van der Waals surface area (Å²) in [5, 5.41) is 6.66. The molecule has 296 valence electrons. The first kappa shape index (κ1) is 41.8. The number of thiophene rings is 1. The summed E-state index contributed by atoms with van der Waals surface area (Å²) in [5.41, 5.74) is 6.13. The first-order chi connectivity index (χ1) is 27.0. The third-order valence-corrected chi connectivity index (χ3v) is 11.4. The fourth-order valence-electron chi connectivity index (χ4n) is 7.05. The van der Waals surface area contributed by atoms with Crippen molar-refractivity contribution in [3.8, 4) is 0 Å². The summed E-state index contributed by atoms with van der Waals surface area (Å²) < 4.78 is 9.54. The summed E-state index contributed by atoms with van der Waals surface area (Å²) in [6, 6.07) is 22.4. The van der Waals surface area contributed by atoms with Crippen molar-refractivity contribution in [2.75, 3.05) is 45.0 Å². The number of methoxy groups -OCH3 is 2. The molecule has 3 aromatic carbocycles. The Kier molecular flexibility index (Phi) is 14.9. The van der Waals surface area contributed by atoms with Gasteiger partial charge in [0.25, 0.3) is 11.8 Å². The van der Waals surface area contributed by atoms with Crippen LogP contribution in [0.1, 0.15) is 97.7 Å². The van der Waals surface area contributed by atoms with Crippen LogP contribution in [0.15, 0.2) is 72.8 Å². The molecule has 0 unspecified atom stereocenters. The Morgan fingerprint density at radius 1 is 0.750 bits per heavy atom. The molecular formula is C44H52N4O7S. The molecule has 1 aromatic heterocycles. The van der Waals surface area contributed by atoms with E-state index in [0.29, 0.717) is 33.9 Å². The van der Waals surface area contributed by atoms with E-state index >= 15 is 0 Å². The number of nitrogens with zero attached hydrogens (tertiary/aromatic N) is 2. The normalized spacial score (nSPS) is 12.2. The fraction of sp³-hybridized carbons (Fsp3) is 0.386. The van der Waals surface area contributed by atoms with Gasteiger partial charge in [-0.25, -0.2) is 4.79 Å². The highest BCUT2D eigenvalue weighted by Gasteiger charge is 2.28. The van der Waals surface area contributed by atoms with Crippen LogP contribution in [0.2, 0.25) is 0 Å². The van der Waals surface area contributed by atoms with E-state index < -0.39 is 5.97 Å². The second kappa shape index (κ2) is 20.0. The molecule has 0 aliphatic heterocycles. The first-order valence-corrected chi connectivity index (χ1v) is 20.0. The maximum absolute atomic E-state index is 13.9. The minimum atomic E-state index is -0.413. The van der Waals surface area contributed by atoms with Crippen LogP contribution >= 0.6 is 11.3 Å². The van der Waals surface area contributed by atoms with Gasteiger partial charge in [-0.3, -0.25) is 24.1 Å². The van der Waals surface area contributed by atoms with Gasteiger partial charge in [0.2, 0.25) is 5.91 Å². The Morgan fingerprint density at radius 2 is 1.41 bits per heavy atom. The van der Waals surface area contributed by atoms with E-state index in [2.05, 4.69) is 10.6 Å². The molecule has 12 heteroatoms. The van der Waals surface area contributed by atoms with Crippen LogP contribution < -0.4 is 10.6 Å². The van der Waals surface area contributed by atoms with Crippen molar-refractivity contribution < 1.29 is 33.4 Å². The lowest BCUT2D eigenvalue weighted by atomic mass is 9.95. The van der Waals surface area contributed by atoms with E-state index in [0.717, 1.165) is 78.5 Å². The van der Waals surface area contributed by atoms with Crippen LogP contribution in [-0.2, 0) is 51.3 Å². The number of ether oxygens (including phenoxy) is 2. The maximum atomic E-state index is 13.9. The van der Waals surface area contributed by atoms with Crippen molar-refractivity contribution in [1.82, 2.24) is 9.80 Å². The van der Waals surface area contributed by atoms with Gasteiger partial charge in [-0.2, -0.15) is 0 Å². The van der Waals surface area contributed by atoms with Gasteiger partial charge in [-0.1, -0.05) is 50.2 Å². The fourth-order valence-corrected chi connectivity index (χ4v) is 8.33. The third-order valence-electron chi connectivity index (χ3n) is 10.2. The minimum absolute atomic E-state index is 0.00551. The van der Waals surface area contributed by atoms with Crippen molar-refractivity contribution >= 4 is 51.7 Å². The molecule has 1 heterocycles. The Bertz CT molecular complexity index is 2000. The lowest BCUT2D eigenvalue weighted by molar-refractivity contribution is -0.142. The number of anilines is 2. The van der Waals surface area contributed by atoms with Crippen LogP contribution in [0.25, 0.3) is 0 Å². The summed E-state index contributed by atoms with van der Waals surface area (Å²) in [5.74, 6) is -1.48. The van der Waals surface area contributed by atoms with Gasteiger partial charge in [0.15, 0.2) is 0 Å². The van der Waals surface area contributed by atoms with Crippen molar-refractivity contribution in [1.29, 1.82) is 0 Å². The molecular weight excluding hydrogens is 729 g/mol. The number of esters is 2. The molecule has 5 rings (SSSR count). The monoisotopic (exact) mass is 780 g/mol. The number of benzene rings is 3. The second-order valence-corrected chi connectivity index (χ2v) is 15.3. The van der Waals surface area contributed by atoms with E-state index in [1.54, 1.807) is 42.3 Å². The van der Waals surface area contributed by atoms with E-state index in [1.165, 1.54) is 25.6 Å². The zero-order valence-corrected chi connectivity index (χ0v) is 33.8. The van der Waals surface area contributed by atoms with Crippen LogP contribution in [-0.4, -0.2) is 79.9 Å². The van der Waals surface area contributed by atoms with Gasteiger partial charge in [0.05, 0.1) is 38.4 Å². The lowest BCUT2D eigenvalue weighted by Crippen LogP contribution is -2.45. The molecule has 0 spiro atoms. The summed E-state index contributed by atoms with van der Waals surface area (Å²) in [4.78, 5) is 69.4. The topological polar surface area (TPSA) is 134 Å². The maximum Gasteiger partial charge on any atom is 0.337 e. The van der Waals surface area contributed by atoms with Gasteiger partial charge < -0.3 is 25.0 Å². The molecule has 0 saturated carbocycles. The average molecular weight is 781 g/mol. The summed E-state index contributed by atoms with van der Waals surface area (Å²) in [6.07, 6.45) is 6.75. The number of fused-ring (bicyclic) bond motifs is 1. The number of likely N-dealkylation sites (N-methyl/N-ethyl adjacent to an activating group) is 1. The van der Waals surface area contributed by atoms with Crippen molar-refractivity contribution in [2.45, 2.75) is 77.8 Å². The minimum Gasteiger partial charge on any atom is -0.468 e. The van der Waals surface area contributed by atoms with Gasteiger partial charge in [-0.05, 0) is 117 Å². The smallest absolute Gasteiger partial charge is 0.337 e. The Balaban J connectivity index is 1.27. The molecule has 3 amide bonds. The molecule has 0 fully saturated rings. The van der Waals surface area contributed by atoms with Crippen LogP contribution in [0.3, 0.4) is 0 Å². The SMILES string of the molecule is CCC(CC)N(Cc1cccc(C(=O)Nc2sc3c(c2C(=O)Nc2ccc(CCc4ccc(C(=O)OC)cc4)cc2)CCCC3)c1)C(=O)CN(C)CC(=O)OC. The largest absolute Gasteiger partial charge is 0.468 e. The molecule has 0 bridgehead atoms. The number of carbonyl (C=O) groups is 5. The van der Waals surface area contributed by atoms with Crippen LogP contribution in [0.5, 0.6) is 0 Å². The summed E-state index contributed by atoms with van der Waals surface area (Å²) >= 11 is 1.47. The predicted molar refractivity (Wildman–Crippen MR) is 219 cm³/mol. The number of hydrogen-bond acceptors (Lipinski definition) is 9. The standard InChI is InChI=1S/C44H52N4O7S/c1-6-35(7-2)48(38(49)27-47(3)28-39(50)54-4)26-31-11-10-12-33(25-31)41(51)46-43-40(36-13-8-9-14-37(36)56-43)42(52)45-34-23-19-30(20-24-34)16-15-29-17-21-32(22-18-29)44(53)55-5/h10-12,17-25,35H,6-9,13-16,26-28H2,1-5H3,(H,45,52)(H,46,51). The molecule has 0 atom stereocenters. The first-order valence-electron chi connectivity index (χ1n) is 19.2. The van der Waals surface area contributed by atoms with Crippen molar-refractivity contribution in [3.63, 3.8) is 0 Å². The number of rotatable bonds is 17. The Labute approximate surface area is 333 Å². The Hall–Kier alpha value is -5.33. The average Bonchev–Trinajstić information content (AvgIpc) is 3.58. The molecule has 0 saturated heterocycles. The highest BCUT2D eigenvalue weighted by molar-refractivity contribution is 7.17. The van der Waals surface area contributed by atoms with Gasteiger partial charge in [0.1, 0.15) is 5.00 Å². The molecule has 4 aromatic rings. The zero-order valence-electron chi connectivity index (χ0n) is 32.9. The molecule has 11 nitrogen and oxygen atoms in total. The Morgan fingerprint density at radius 3 is 2.05 bits per heavy atom. The van der Waals surface area contributed by atoms with E-state index in [1.807, 2.05) is 61.2 Å². The van der Waals surface area contributed by atoms with Crippen molar-refractivity contribution in [2.24, 2.45) is 0 Å². The summed E-state index contributed by atoms with van der Waals surface area (Å²) in [7, 11) is 4.39. The van der Waals surface area contributed by atoms with E-state index in [4.69, 9.17) is 9.47 Å². The predicted octanol–water partition coefficient (Wildman–Crippen LogP) is 7.33. The molecule has 56 heavy (non-hydrogen) atoms.